The molecule has 1 aliphatic rings. The minimum atomic E-state index is -0.372. The van der Waals surface area contributed by atoms with Gasteiger partial charge in [-0.1, -0.05) is 23.8 Å². The van der Waals surface area contributed by atoms with E-state index in [2.05, 4.69) is 5.32 Å². The molecule has 0 saturated heterocycles. The van der Waals surface area contributed by atoms with Crippen LogP contribution in [0, 0.1) is 12.7 Å². The van der Waals surface area contributed by atoms with Crippen LogP contribution < -0.4 is 10.1 Å². The molecule has 0 spiro atoms. The van der Waals surface area contributed by atoms with Crippen LogP contribution in [0.15, 0.2) is 60.0 Å². The van der Waals surface area contributed by atoms with Crippen LogP contribution in [0.4, 0.5) is 14.9 Å². The van der Waals surface area contributed by atoms with E-state index in [-0.39, 0.29) is 36.9 Å². The molecule has 0 aliphatic carbocycles. The summed E-state index contributed by atoms with van der Waals surface area (Å²) in [7, 11) is 0. The zero-order chi connectivity index (χ0) is 24.1. The zero-order valence-corrected chi connectivity index (χ0v) is 20.1. The lowest BCUT2D eigenvalue weighted by molar-refractivity contribution is -0.135. The number of halogens is 1. The van der Waals surface area contributed by atoms with Crippen LogP contribution in [0.25, 0.3) is 0 Å². The lowest BCUT2D eigenvalue weighted by Crippen LogP contribution is -2.48. The van der Waals surface area contributed by atoms with Crippen molar-refractivity contribution in [3.05, 3.63) is 81.8 Å². The monoisotopic (exact) mass is 481 g/mol. The number of urea groups is 1. The molecule has 4 rings (SSSR count). The Labute approximate surface area is 203 Å². The van der Waals surface area contributed by atoms with Crippen molar-refractivity contribution in [2.24, 2.45) is 0 Å². The number of nitrogens with zero attached hydrogens (tertiary/aromatic N) is 2. The highest BCUT2D eigenvalue weighted by molar-refractivity contribution is 7.10. The van der Waals surface area contributed by atoms with Crippen molar-refractivity contribution in [2.45, 2.75) is 26.3 Å². The first-order valence-electron chi connectivity index (χ1n) is 11.3. The summed E-state index contributed by atoms with van der Waals surface area (Å²) in [5, 5.41) is 4.88. The maximum Gasteiger partial charge on any atom is 0.322 e. The number of likely N-dealkylation sites (N-methyl/N-ethyl adjacent to an activating group) is 1. The molecule has 3 amide bonds. The van der Waals surface area contributed by atoms with Gasteiger partial charge < -0.3 is 19.9 Å². The Balaban J connectivity index is 1.45. The molecule has 178 valence electrons. The van der Waals surface area contributed by atoms with Crippen molar-refractivity contribution < 1.29 is 18.7 Å². The van der Waals surface area contributed by atoms with E-state index in [1.807, 2.05) is 49.6 Å². The summed E-state index contributed by atoms with van der Waals surface area (Å²) in [6.07, 6.45) is 0.761. The molecule has 0 fully saturated rings. The fourth-order valence-corrected chi connectivity index (χ4v) is 4.96. The highest BCUT2D eigenvalue weighted by atomic mass is 32.1. The Bertz CT molecular complexity index is 1150. The van der Waals surface area contributed by atoms with Crippen molar-refractivity contribution >= 4 is 29.0 Å². The number of anilines is 1. The first-order chi connectivity index (χ1) is 16.4. The molecule has 1 aliphatic heterocycles. The number of thiophene rings is 1. The highest BCUT2D eigenvalue weighted by Gasteiger charge is 2.33. The Hall–Kier alpha value is -3.39. The number of benzene rings is 2. The van der Waals surface area contributed by atoms with Gasteiger partial charge in [-0.2, -0.15) is 0 Å². The van der Waals surface area contributed by atoms with E-state index in [4.69, 9.17) is 4.74 Å². The minimum Gasteiger partial charge on any atom is -0.491 e. The Morgan fingerprint density at radius 3 is 2.74 bits per heavy atom. The second-order valence-electron chi connectivity index (χ2n) is 8.23. The molecule has 34 heavy (non-hydrogen) atoms. The van der Waals surface area contributed by atoms with E-state index in [1.54, 1.807) is 28.4 Å². The molecule has 1 N–H and O–H groups in total. The number of carbonyl (C=O) groups is 2. The first kappa shape index (κ1) is 23.8. The molecule has 2 aromatic carbocycles. The van der Waals surface area contributed by atoms with Gasteiger partial charge in [-0.05, 0) is 61.5 Å². The van der Waals surface area contributed by atoms with Gasteiger partial charge in [0, 0.05) is 29.7 Å². The van der Waals surface area contributed by atoms with Gasteiger partial charge in [0.05, 0.1) is 6.04 Å². The van der Waals surface area contributed by atoms with Gasteiger partial charge in [0.2, 0.25) is 5.91 Å². The molecule has 2 heterocycles. The zero-order valence-electron chi connectivity index (χ0n) is 19.3. The van der Waals surface area contributed by atoms with Gasteiger partial charge in [-0.25, -0.2) is 9.18 Å². The largest absolute Gasteiger partial charge is 0.491 e. The fourth-order valence-electron chi connectivity index (χ4n) is 4.03. The summed E-state index contributed by atoms with van der Waals surface area (Å²) in [6.45, 7) is 4.94. The van der Waals surface area contributed by atoms with Crippen molar-refractivity contribution in [3.63, 3.8) is 0 Å². The maximum absolute atomic E-state index is 13.6. The predicted molar refractivity (Wildman–Crippen MR) is 132 cm³/mol. The molecular formula is C26H28FN3O3S. The molecule has 0 bridgehead atoms. The van der Waals surface area contributed by atoms with Crippen LogP contribution in [0.3, 0.4) is 0 Å². The van der Waals surface area contributed by atoms with Crippen LogP contribution in [0.2, 0.25) is 0 Å². The van der Waals surface area contributed by atoms with Crippen molar-refractivity contribution in [3.8, 4) is 5.75 Å². The molecule has 3 aromatic rings. The number of amides is 3. The van der Waals surface area contributed by atoms with Crippen LogP contribution in [0.1, 0.15) is 29.0 Å². The quantitative estimate of drug-likeness (QED) is 0.501. The standard InChI is InChI=1S/C26H28FN3O3S/c1-3-29(26(32)28-20-9-7-18(2)8-10-20)16-25(31)30-13-11-24-22(12-14-34-24)23(30)17-33-21-6-4-5-19(27)15-21/h4-10,12,14-15,23H,3,11,13,16-17H2,1-2H3,(H,28,32). The minimum absolute atomic E-state index is 0.0376. The van der Waals surface area contributed by atoms with Crippen molar-refractivity contribution in [2.75, 3.05) is 31.6 Å². The summed E-state index contributed by atoms with van der Waals surface area (Å²) in [6, 6.07) is 14.9. The average Bonchev–Trinajstić information content (AvgIpc) is 3.31. The number of hydrogen-bond donors (Lipinski definition) is 1. The van der Waals surface area contributed by atoms with E-state index < -0.39 is 0 Å². The van der Waals surface area contributed by atoms with Crippen molar-refractivity contribution in [1.82, 2.24) is 9.80 Å². The molecule has 1 unspecified atom stereocenters. The van der Waals surface area contributed by atoms with Gasteiger partial charge in [-0.15, -0.1) is 11.3 Å². The lowest BCUT2D eigenvalue weighted by Gasteiger charge is -2.37. The van der Waals surface area contributed by atoms with Crippen LogP contribution in [-0.2, 0) is 11.2 Å². The van der Waals surface area contributed by atoms with E-state index in [9.17, 15) is 14.0 Å². The predicted octanol–water partition coefficient (Wildman–Crippen LogP) is 5.25. The first-order valence-corrected chi connectivity index (χ1v) is 12.2. The van der Waals surface area contributed by atoms with Crippen LogP contribution in [-0.4, -0.2) is 48.0 Å². The van der Waals surface area contributed by atoms with E-state index in [1.165, 1.54) is 21.9 Å². The number of hydrogen-bond acceptors (Lipinski definition) is 4. The molecule has 1 aromatic heterocycles. The Morgan fingerprint density at radius 2 is 2.00 bits per heavy atom. The van der Waals surface area contributed by atoms with Gasteiger partial charge >= 0.3 is 6.03 Å². The smallest absolute Gasteiger partial charge is 0.322 e. The van der Waals surface area contributed by atoms with E-state index in [0.29, 0.717) is 24.5 Å². The molecule has 0 radical (unpaired) electrons. The second kappa shape index (κ2) is 10.7. The second-order valence-corrected chi connectivity index (χ2v) is 9.23. The summed E-state index contributed by atoms with van der Waals surface area (Å²) in [4.78, 5) is 30.7. The third-order valence-corrected chi connectivity index (χ3v) is 6.91. The summed E-state index contributed by atoms with van der Waals surface area (Å²) in [5.41, 5.74) is 2.84. The molecule has 0 saturated carbocycles. The normalized spacial score (nSPS) is 14.9. The number of carbonyl (C=O) groups excluding carboxylic acids is 2. The van der Waals surface area contributed by atoms with Gasteiger partial charge in [-0.3, -0.25) is 4.79 Å². The third kappa shape index (κ3) is 5.56. The number of fused-ring (bicyclic) bond motifs is 1. The number of nitrogens with one attached hydrogen (secondary N) is 1. The van der Waals surface area contributed by atoms with E-state index >= 15 is 0 Å². The summed E-state index contributed by atoms with van der Waals surface area (Å²) < 4.78 is 19.5. The fraction of sp³-hybridized carbons (Fsp3) is 0.308. The number of rotatable bonds is 7. The van der Waals surface area contributed by atoms with Gasteiger partial charge in [0.15, 0.2) is 0 Å². The maximum atomic E-state index is 13.6. The molecular weight excluding hydrogens is 453 g/mol. The van der Waals surface area contributed by atoms with Gasteiger partial charge in [0.25, 0.3) is 0 Å². The molecule has 8 heteroatoms. The van der Waals surface area contributed by atoms with Crippen molar-refractivity contribution in [1.29, 1.82) is 0 Å². The highest BCUT2D eigenvalue weighted by Crippen LogP contribution is 2.34. The molecule has 6 nitrogen and oxygen atoms in total. The topological polar surface area (TPSA) is 61.9 Å². The van der Waals surface area contributed by atoms with Crippen LogP contribution in [0.5, 0.6) is 5.75 Å². The summed E-state index contributed by atoms with van der Waals surface area (Å²) >= 11 is 1.66. The number of ether oxygens (including phenoxy) is 1. The summed E-state index contributed by atoms with van der Waals surface area (Å²) in [5.74, 6) is -0.100. The Morgan fingerprint density at radius 1 is 1.21 bits per heavy atom. The molecule has 1 atom stereocenters. The number of aryl methyl sites for hydroxylation is 1. The van der Waals surface area contributed by atoms with Gasteiger partial charge in [0.1, 0.15) is 24.7 Å². The average molecular weight is 482 g/mol. The Kier molecular flexibility index (Phi) is 7.47. The van der Waals surface area contributed by atoms with Crippen LogP contribution >= 0.6 is 11.3 Å². The lowest BCUT2D eigenvalue weighted by atomic mass is 10.0. The third-order valence-electron chi connectivity index (χ3n) is 5.92. The SMILES string of the molecule is CCN(CC(=O)N1CCc2sccc2C1COc1cccc(F)c1)C(=O)Nc1ccc(C)cc1. The van der Waals surface area contributed by atoms with E-state index in [0.717, 1.165) is 17.5 Å².